The van der Waals surface area contributed by atoms with E-state index in [4.69, 9.17) is 4.74 Å². The number of carbonyl (C=O) groups is 1. The van der Waals surface area contributed by atoms with Gasteiger partial charge in [-0.15, -0.1) is 0 Å². The highest BCUT2D eigenvalue weighted by Crippen LogP contribution is 2.13. The molecule has 0 heterocycles. The predicted molar refractivity (Wildman–Crippen MR) is 86.8 cm³/mol. The molecule has 0 aromatic heterocycles. The van der Waals surface area contributed by atoms with Crippen LogP contribution in [0.3, 0.4) is 0 Å². The van der Waals surface area contributed by atoms with Crippen LogP contribution in [0.15, 0.2) is 11.6 Å². The van der Waals surface area contributed by atoms with Gasteiger partial charge in [-0.1, -0.05) is 63.5 Å². The maximum atomic E-state index is 11.4. The molecule has 0 bridgehead atoms. The number of esters is 1. The van der Waals surface area contributed by atoms with Gasteiger partial charge in [0.2, 0.25) is 0 Å². The molecule has 2 nitrogen and oxygen atoms in total. The highest BCUT2D eigenvalue weighted by atomic mass is 16.5. The lowest BCUT2D eigenvalue weighted by atomic mass is 10.0. The van der Waals surface area contributed by atoms with E-state index in [9.17, 15) is 4.79 Å². The molecule has 0 atom stereocenters. The lowest BCUT2D eigenvalue weighted by Crippen LogP contribution is -2.10. The van der Waals surface area contributed by atoms with Gasteiger partial charge in [0.15, 0.2) is 0 Å². The van der Waals surface area contributed by atoms with Crippen molar-refractivity contribution in [2.45, 2.75) is 98.0 Å². The summed E-state index contributed by atoms with van der Waals surface area (Å²) in [7, 11) is 0. The Kier molecular flexibility index (Phi) is 12.7. The summed E-state index contributed by atoms with van der Waals surface area (Å²) in [6, 6.07) is 0. The maximum Gasteiger partial charge on any atom is 0.309 e. The Hall–Kier alpha value is -0.790. The van der Waals surface area contributed by atoms with E-state index in [2.05, 4.69) is 13.8 Å². The average Bonchev–Trinajstić information content (AvgIpc) is 2.38. The minimum absolute atomic E-state index is 0.0103. The lowest BCUT2D eigenvalue weighted by Gasteiger charge is -2.06. The van der Waals surface area contributed by atoms with Crippen LogP contribution in [-0.2, 0) is 9.53 Å². The molecule has 0 aliphatic carbocycles. The van der Waals surface area contributed by atoms with Crippen LogP contribution in [0.25, 0.3) is 0 Å². The summed E-state index contributed by atoms with van der Waals surface area (Å²) in [4.78, 5) is 11.4. The summed E-state index contributed by atoms with van der Waals surface area (Å²) in [6.07, 6.45) is 14.3. The Morgan fingerprint density at radius 2 is 1.55 bits per heavy atom. The van der Waals surface area contributed by atoms with E-state index in [0.29, 0.717) is 6.42 Å². The number of allylic oxidation sites excluding steroid dienone is 1. The van der Waals surface area contributed by atoms with E-state index >= 15 is 0 Å². The van der Waals surface area contributed by atoms with Gasteiger partial charge in [0.25, 0.3) is 0 Å². The number of rotatable bonds is 12. The fourth-order valence-corrected chi connectivity index (χ4v) is 2.21. The third-order valence-electron chi connectivity index (χ3n) is 3.41. The predicted octanol–water partition coefficient (Wildman–Crippen LogP) is 5.81. The van der Waals surface area contributed by atoms with Crippen molar-refractivity contribution in [1.82, 2.24) is 0 Å². The smallest absolute Gasteiger partial charge is 0.309 e. The second-order valence-corrected chi connectivity index (χ2v) is 6.02. The molecule has 0 N–H and O–H groups in total. The van der Waals surface area contributed by atoms with E-state index < -0.39 is 0 Å². The topological polar surface area (TPSA) is 26.3 Å². The molecule has 0 rings (SSSR count). The van der Waals surface area contributed by atoms with Crippen molar-refractivity contribution in [2.75, 3.05) is 0 Å². The summed E-state index contributed by atoms with van der Waals surface area (Å²) < 4.78 is 5.11. The van der Waals surface area contributed by atoms with Gasteiger partial charge >= 0.3 is 5.97 Å². The van der Waals surface area contributed by atoms with Crippen LogP contribution in [-0.4, -0.2) is 12.1 Å². The molecule has 118 valence electrons. The van der Waals surface area contributed by atoms with Crippen molar-refractivity contribution in [2.24, 2.45) is 0 Å². The van der Waals surface area contributed by atoms with Gasteiger partial charge in [-0.3, -0.25) is 4.79 Å². The zero-order valence-corrected chi connectivity index (χ0v) is 14.0. The first-order valence-electron chi connectivity index (χ1n) is 8.41. The van der Waals surface area contributed by atoms with Crippen molar-refractivity contribution in [3.8, 4) is 0 Å². The second kappa shape index (κ2) is 13.2. The van der Waals surface area contributed by atoms with Crippen molar-refractivity contribution in [3.63, 3.8) is 0 Å². The van der Waals surface area contributed by atoms with Crippen molar-refractivity contribution in [1.29, 1.82) is 0 Å². The van der Waals surface area contributed by atoms with Crippen molar-refractivity contribution in [3.05, 3.63) is 11.6 Å². The Bertz CT molecular complexity index is 267. The average molecular weight is 282 g/mol. The molecular weight excluding hydrogens is 248 g/mol. The molecule has 0 aliphatic heterocycles. The Morgan fingerprint density at radius 3 is 2.10 bits per heavy atom. The molecule has 0 unspecified atom stereocenters. The van der Waals surface area contributed by atoms with E-state index in [0.717, 1.165) is 6.42 Å². The minimum atomic E-state index is -0.115. The van der Waals surface area contributed by atoms with Crippen LogP contribution in [0.4, 0.5) is 0 Å². The SMILES string of the molecule is CCCCCCCCCCC(C)=CCC(=O)OC(C)C. The minimum Gasteiger partial charge on any atom is -0.463 e. The van der Waals surface area contributed by atoms with E-state index in [1.165, 1.54) is 56.9 Å². The Balaban J connectivity index is 3.48. The second-order valence-electron chi connectivity index (χ2n) is 6.02. The van der Waals surface area contributed by atoms with E-state index in [-0.39, 0.29) is 12.1 Å². The van der Waals surface area contributed by atoms with Crippen LogP contribution in [0, 0.1) is 0 Å². The standard InChI is InChI=1S/C18H34O2/c1-5-6-7-8-9-10-11-12-13-17(4)14-15-18(19)20-16(2)3/h14,16H,5-13,15H2,1-4H3. The largest absolute Gasteiger partial charge is 0.463 e. The van der Waals surface area contributed by atoms with Crippen LogP contribution in [0.2, 0.25) is 0 Å². The van der Waals surface area contributed by atoms with E-state index in [1.54, 1.807) is 0 Å². The quantitative estimate of drug-likeness (QED) is 0.257. The van der Waals surface area contributed by atoms with Crippen LogP contribution in [0.1, 0.15) is 91.9 Å². The Morgan fingerprint density at radius 1 is 1.00 bits per heavy atom. The molecule has 0 saturated heterocycles. The van der Waals surface area contributed by atoms with Crippen molar-refractivity contribution < 1.29 is 9.53 Å². The summed E-state index contributed by atoms with van der Waals surface area (Å²) in [5.74, 6) is -0.115. The van der Waals surface area contributed by atoms with E-state index in [1.807, 2.05) is 19.9 Å². The van der Waals surface area contributed by atoms with Gasteiger partial charge in [0.1, 0.15) is 0 Å². The van der Waals surface area contributed by atoms with Crippen LogP contribution in [0.5, 0.6) is 0 Å². The first kappa shape index (κ1) is 19.2. The van der Waals surface area contributed by atoms with Gasteiger partial charge in [-0.25, -0.2) is 0 Å². The zero-order chi connectivity index (χ0) is 15.2. The number of hydrogen-bond donors (Lipinski definition) is 0. The molecule has 0 fully saturated rings. The van der Waals surface area contributed by atoms with Gasteiger partial charge in [0.05, 0.1) is 12.5 Å². The molecule has 0 amide bonds. The van der Waals surface area contributed by atoms with Gasteiger partial charge in [-0.2, -0.15) is 0 Å². The summed E-state index contributed by atoms with van der Waals surface area (Å²) in [5.41, 5.74) is 1.32. The normalized spacial score (nSPS) is 11.9. The highest BCUT2D eigenvalue weighted by Gasteiger charge is 2.03. The third kappa shape index (κ3) is 13.6. The molecule has 0 saturated carbocycles. The molecule has 0 spiro atoms. The number of hydrogen-bond acceptors (Lipinski definition) is 2. The molecular formula is C18H34O2. The summed E-state index contributed by atoms with van der Waals surface area (Å²) in [6.45, 7) is 8.14. The monoisotopic (exact) mass is 282 g/mol. The van der Waals surface area contributed by atoms with Crippen LogP contribution >= 0.6 is 0 Å². The molecule has 0 aromatic rings. The molecule has 2 heteroatoms. The summed E-state index contributed by atoms with van der Waals surface area (Å²) in [5, 5.41) is 0. The van der Waals surface area contributed by atoms with Gasteiger partial charge in [0, 0.05) is 0 Å². The number of unbranched alkanes of at least 4 members (excludes halogenated alkanes) is 7. The fraction of sp³-hybridized carbons (Fsp3) is 0.833. The molecule has 0 radical (unpaired) electrons. The summed E-state index contributed by atoms with van der Waals surface area (Å²) >= 11 is 0. The zero-order valence-electron chi connectivity index (χ0n) is 14.0. The fourth-order valence-electron chi connectivity index (χ4n) is 2.21. The van der Waals surface area contributed by atoms with Gasteiger partial charge in [-0.05, 0) is 33.6 Å². The first-order valence-corrected chi connectivity index (χ1v) is 8.41. The van der Waals surface area contributed by atoms with Crippen molar-refractivity contribution >= 4 is 5.97 Å². The number of carbonyl (C=O) groups excluding carboxylic acids is 1. The first-order chi connectivity index (χ1) is 9.56. The molecule has 20 heavy (non-hydrogen) atoms. The molecule has 0 aliphatic rings. The lowest BCUT2D eigenvalue weighted by molar-refractivity contribution is -0.146. The highest BCUT2D eigenvalue weighted by molar-refractivity contribution is 5.71. The Labute approximate surface area is 126 Å². The van der Waals surface area contributed by atoms with Crippen LogP contribution < -0.4 is 0 Å². The maximum absolute atomic E-state index is 11.4. The number of ether oxygens (including phenoxy) is 1. The third-order valence-corrected chi connectivity index (χ3v) is 3.41. The molecule has 0 aromatic carbocycles. The van der Waals surface area contributed by atoms with Gasteiger partial charge < -0.3 is 4.74 Å².